The molecule has 1 aliphatic rings. The molecule has 11 heteroatoms. The van der Waals surface area contributed by atoms with Crippen LogP contribution >= 0.6 is 0 Å². The van der Waals surface area contributed by atoms with Crippen molar-refractivity contribution in [1.82, 2.24) is 19.4 Å². The summed E-state index contributed by atoms with van der Waals surface area (Å²) in [6.07, 6.45) is 2.22. The lowest BCUT2D eigenvalue weighted by Crippen LogP contribution is -2.34. The molecule has 0 spiro atoms. The van der Waals surface area contributed by atoms with Crippen LogP contribution in [0.2, 0.25) is 0 Å². The summed E-state index contributed by atoms with van der Waals surface area (Å²) in [6.45, 7) is 2.92. The van der Waals surface area contributed by atoms with Gasteiger partial charge in [0.15, 0.2) is 5.84 Å². The Morgan fingerprint density at radius 1 is 1.06 bits per heavy atom. The summed E-state index contributed by atoms with van der Waals surface area (Å²) in [5.74, 6) is -0.558. The van der Waals surface area contributed by atoms with Gasteiger partial charge in [0.1, 0.15) is 21.9 Å². The number of hydrogen-bond acceptors (Lipinski definition) is 8. The molecule has 2 N–H and O–H groups in total. The Bertz CT molecular complexity index is 1410. The number of likely N-dealkylation sites (N-methyl/N-ethyl adjacent to an activating group) is 2. The number of nitrogens with zero attached hydrogens (tertiary/aromatic N) is 5. The summed E-state index contributed by atoms with van der Waals surface area (Å²) in [5.41, 5.74) is -0.115. The number of sulfonamides is 1. The van der Waals surface area contributed by atoms with Crippen molar-refractivity contribution in [3.8, 4) is 5.75 Å². The van der Waals surface area contributed by atoms with E-state index in [0.29, 0.717) is 29.7 Å². The van der Waals surface area contributed by atoms with Gasteiger partial charge >= 0.3 is 0 Å². The second kappa shape index (κ2) is 9.53. The van der Waals surface area contributed by atoms with Crippen LogP contribution in [-0.2, 0) is 16.6 Å². The van der Waals surface area contributed by atoms with Gasteiger partial charge in [0.05, 0.1) is 11.1 Å². The van der Waals surface area contributed by atoms with Crippen LogP contribution in [0.25, 0.3) is 11.0 Å². The summed E-state index contributed by atoms with van der Waals surface area (Å²) in [6, 6.07) is 9.60. The summed E-state index contributed by atoms with van der Waals surface area (Å²) >= 11 is 0. The molecule has 0 saturated carbocycles. The Hall–Kier alpha value is -3.28. The van der Waals surface area contributed by atoms with Crippen LogP contribution in [0.4, 0.5) is 5.69 Å². The van der Waals surface area contributed by atoms with Gasteiger partial charge in [-0.2, -0.15) is 8.42 Å². The average molecular weight is 485 g/mol. The van der Waals surface area contributed by atoms with Crippen molar-refractivity contribution in [1.29, 1.82) is 0 Å². The Morgan fingerprint density at radius 3 is 2.59 bits per heavy atom. The first kappa shape index (κ1) is 23.9. The maximum atomic E-state index is 13.5. The number of benzene rings is 1. The molecular weight excluding hydrogens is 456 g/mol. The monoisotopic (exact) mass is 484 g/mol. The van der Waals surface area contributed by atoms with Gasteiger partial charge in [-0.3, -0.25) is 9.36 Å². The van der Waals surface area contributed by atoms with Crippen molar-refractivity contribution in [3.05, 3.63) is 58.5 Å². The van der Waals surface area contributed by atoms with E-state index >= 15 is 0 Å². The Kier molecular flexibility index (Phi) is 6.69. The van der Waals surface area contributed by atoms with Crippen molar-refractivity contribution in [2.75, 3.05) is 46.1 Å². The third-order valence-corrected chi connectivity index (χ3v) is 7.04. The van der Waals surface area contributed by atoms with E-state index in [9.17, 15) is 18.3 Å². The molecule has 0 atom stereocenters. The van der Waals surface area contributed by atoms with Gasteiger partial charge in [0.2, 0.25) is 0 Å². The number of anilines is 1. The van der Waals surface area contributed by atoms with Gasteiger partial charge < -0.3 is 20.2 Å². The summed E-state index contributed by atoms with van der Waals surface area (Å²) in [5, 5.41) is 14.2. The molecule has 0 aliphatic carbocycles. The number of aromatic hydroxyl groups is 1. The standard InChI is InChI=1S/C23H28N6O4S/c1-27(2)14-15-28(3)12-7-13-29-22-16(8-6-11-24-22)20(30)19(23(29)31)21-25-17-9-4-5-10-18(17)34(32,33)26-21/h4-6,8-11,30H,7,12-15H2,1-3H3,(H,25,26). The molecule has 3 aromatic rings. The first-order valence-electron chi connectivity index (χ1n) is 10.9. The van der Waals surface area contributed by atoms with Gasteiger partial charge in [-0.15, -0.1) is 4.40 Å². The molecule has 0 bridgehead atoms. The predicted molar refractivity (Wildman–Crippen MR) is 132 cm³/mol. The fraction of sp³-hybridized carbons (Fsp3) is 0.348. The first-order valence-corrected chi connectivity index (χ1v) is 12.4. The number of pyridine rings is 2. The van der Waals surface area contributed by atoms with Crippen molar-refractivity contribution in [2.45, 2.75) is 17.9 Å². The van der Waals surface area contributed by atoms with E-state index in [4.69, 9.17) is 0 Å². The highest BCUT2D eigenvalue weighted by molar-refractivity contribution is 7.90. The van der Waals surface area contributed by atoms with Crippen LogP contribution in [0.3, 0.4) is 0 Å². The first-order chi connectivity index (χ1) is 16.2. The molecule has 0 unspecified atom stereocenters. The molecule has 0 radical (unpaired) electrons. The number of hydrogen-bond donors (Lipinski definition) is 2. The van der Waals surface area contributed by atoms with Crippen molar-refractivity contribution in [3.63, 3.8) is 0 Å². The smallest absolute Gasteiger partial charge is 0.286 e. The molecule has 3 heterocycles. The molecule has 0 fully saturated rings. The lowest BCUT2D eigenvalue weighted by atomic mass is 10.1. The highest BCUT2D eigenvalue weighted by Gasteiger charge is 2.29. The zero-order valence-electron chi connectivity index (χ0n) is 19.4. The zero-order valence-corrected chi connectivity index (χ0v) is 20.2. The van der Waals surface area contributed by atoms with Crippen LogP contribution in [0.5, 0.6) is 5.75 Å². The van der Waals surface area contributed by atoms with Gasteiger partial charge in [-0.05, 0) is 58.4 Å². The highest BCUT2D eigenvalue weighted by atomic mass is 32.2. The normalized spacial score (nSPS) is 14.8. The second-order valence-electron chi connectivity index (χ2n) is 8.55. The number of para-hydroxylation sites is 1. The fourth-order valence-corrected chi connectivity index (χ4v) is 5.01. The van der Waals surface area contributed by atoms with E-state index in [1.54, 1.807) is 36.5 Å². The van der Waals surface area contributed by atoms with Gasteiger partial charge in [0.25, 0.3) is 15.6 Å². The van der Waals surface area contributed by atoms with E-state index in [0.717, 1.165) is 19.6 Å². The van der Waals surface area contributed by atoms with E-state index in [-0.39, 0.29) is 22.0 Å². The van der Waals surface area contributed by atoms with Crippen molar-refractivity contribution >= 4 is 32.6 Å². The van der Waals surface area contributed by atoms with Crippen LogP contribution in [0.15, 0.2) is 56.7 Å². The molecule has 4 rings (SSSR count). The Labute approximate surface area is 198 Å². The van der Waals surface area contributed by atoms with E-state index in [2.05, 4.69) is 24.5 Å². The number of aryl methyl sites for hydroxylation is 1. The lowest BCUT2D eigenvalue weighted by molar-refractivity contribution is 0.275. The predicted octanol–water partition coefficient (Wildman–Crippen LogP) is 1.55. The quantitative estimate of drug-likeness (QED) is 0.494. The van der Waals surface area contributed by atoms with Crippen LogP contribution < -0.4 is 10.9 Å². The minimum absolute atomic E-state index is 0.0155. The molecule has 1 aromatic carbocycles. The fourth-order valence-electron chi connectivity index (χ4n) is 3.89. The number of amidine groups is 1. The molecule has 34 heavy (non-hydrogen) atoms. The Morgan fingerprint density at radius 2 is 1.82 bits per heavy atom. The van der Waals surface area contributed by atoms with Crippen LogP contribution in [-0.4, -0.2) is 79.5 Å². The SMILES string of the molecule is CN(C)CCN(C)CCCn1c(=O)c(C2=NS(=O)(=O)c3ccccc3N2)c(O)c2cccnc21. The molecule has 0 amide bonds. The van der Waals surface area contributed by atoms with Crippen LogP contribution in [0.1, 0.15) is 12.0 Å². The number of fused-ring (bicyclic) bond motifs is 2. The van der Waals surface area contributed by atoms with Crippen molar-refractivity contribution < 1.29 is 13.5 Å². The number of aromatic nitrogens is 2. The topological polar surface area (TPSA) is 120 Å². The number of nitrogens with one attached hydrogen (secondary N) is 1. The largest absolute Gasteiger partial charge is 0.506 e. The van der Waals surface area contributed by atoms with E-state index in [1.165, 1.54) is 10.6 Å². The van der Waals surface area contributed by atoms with Crippen LogP contribution in [0, 0.1) is 0 Å². The molecule has 180 valence electrons. The highest BCUT2D eigenvalue weighted by Crippen LogP contribution is 2.31. The average Bonchev–Trinajstić information content (AvgIpc) is 2.79. The van der Waals surface area contributed by atoms with Gasteiger partial charge in [-0.1, -0.05) is 12.1 Å². The third kappa shape index (κ3) is 4.67. The molecule has 10 nitrogen and oxygen atoms in total. The third-order valence-electron chi connectivity index (χ3n) is 5.71. The maximum Gasteiger partial charge on any atom is 0.286 e. The molecule has 0 saturated heterocycles. The van der Waals surface area contributed by atoms with E-state index in [1.807, 2.05) is 21.1 Å². The molecule has 1 aliphatic heterocycles. The number of rotatable bonds is 8. The van der Waals surface area contributed by atoms with Crippen molar-refractivity contribution in [2.24, 2.45) is 4.40 Å². The summed E-state index contributed by atoms with van der Waals surface area (Å²) in [4.78, 5) is 22.2. The lowest BCUT2D eigenvalue weighted by Gasteiger charge is -2.21. The Balaban J connectivity index is 1.74. The van der Waals surface area contributed by atoms with E-state index < -0.39 is 15.6 Å². The second-order valence-corrected chi connectivity index (χ2v) is 10.1. The minimum atomic E-state index is -4.04. The zero-order chi connectivity index (χ0) is 24.5. The van der Waals surface area contributed by atoms with Gasteiger partial charge in [-0.25, -0.2) is 4.98 Å². The van der Waals surface area contributed by atoms with Gasteiger partial charge in [0, 0.05) is 25.8 Å². The maximum absolute atomic E-state index is 13.5. The molecule has 2 aromatic heterocycles. The molecular formula is C23H28N6O4S. The minimum Gasteiger partial charge on any atom is -0.506 e. The summed E-state index contributed by atoms with van der Waals surface area (Å²) in [7, 11) is 2.02. The summed E-state index contributed by atoms with van der Waals surface area (Å²) < 4.78 is 30.8.